The van der Waals surface area contributed by atoms with Crippen LogP contribution in [0, 0.1) is 0 Å². The number of nitrogens with one attached hydrogen (secondary N) is 1. The second kappa shape index (κ2) is 11.6. The van der Waals surface area contributed by atoms with Crippen LogP contribution in [0.2, 0.25) is 10.0 Å². The lowest BCUT2D eigenvalue weighted by Crippen LogP contribution is -2.12. The summed E-state index contributed by atoms with van der Waals surface area (Å²) in [6.45, 7) is 3.87. The first kappa shape index (κ1) is 28.3. The van der Waals surface area contributed by atoms with Crippen molar-refractivity contribution in [2.75, 3.05) is 11.9 Å². The number of phenols is 1. The molecule has 0 aromatic heterocycles. The molecule has 4 rings (SSSR count). The summed E-state index contributed by atoms with van der Waals surface area (Å²) in [5, 5.41) is 23.7. The van der Waals surface area contributed by atoms with E-state index in [1.807, 2.05) is 6.92 Å². The number of hydrogen-bond acceptors (Lipinski definition) is 7. The molecule has 202 valence electrons. The third-order valence-corrected chi connectivity index (χ3v) is 7.47. The Kier molecular flexibility index (Phi) is 8.41. The largest absolute Gasteiger partial charge is 0.505 e. The fourth-order valence-corrected chi connectivity index (χ4v) is 5.34. The Morgan fingerprint density at radius 1 is 1.03 bits per heavy atom. The smallest absolute Gasteiger partial charge is 0.294 e. The van der Waals surface area contributed by atoms with Gasteiger partial charge < -0.3 is 15.2 Å². The number of fused-ring (bicyclic) bond motifs is 1. The molecule has 0 aliphatic rings. The molecule has 4 aromatic rings. The van der Waals surface area contributed by atoms with Gasteiger partial charge in [-0.3, -0.25) is 9.35 Å². The van der Waals surface area contributed by atoms with E-state index in [0.717, 1.165) is 0 Å². The quantitative estimate of drug-likeness (QED) is 0.142. The molecule has 0 spiro atoms. The van der Waals surface area contributed by atoms with Gasteiger partial charge in [0.15, 0.2) is 5.75 Å². The third kappa shape index (κ3) is 5.99. The zero-order chi connectivity index (χ0) is 28.3. The molecule has 4 aromatic carbocycles. The van der Waals surface area contributed by atoms with Crippen molar-refractivity contribution < 1.29 is 27.6 Å². The van der Waals surface area contributed by atoms with E-state index >= 15 is 0 Å². The van der Waals surface area contributed by atoms with Gasteiger partial charge in [0.2, 0.25) is 0 Å². The first-order valence-corrected chi connectivity index (χ1v) is 13.9. The molecule has 0 saturated heterocycles. The number of amides is 1. The van der Waals surface area contributed by atoms with E-state index < -0.39 is 21.8 Å². The van der Waals surface area contributed by atoms with Crippen molar-refractivity contribution >= 4 is 67.1 Å². The molecule has 0 bridgehead atoms. The topological polar surface area (TPSA) is 138 Å². The summed E-state index contributed by atoms with van der Waals surface area (Å²) >= 11 is 12.5. The van der Waals surface area contributed by atoms with Crippen LogP contribution in [0.5, 0.6) is 11.5 Å². The van der Waals surface area contributed by atoms with E-state index in [1.165, 1.54) is 18.2 Å². The molecule has 0 unspecified atom stereocenters. The van der Waals surface area contributed by atoms with E-state index in [0.29, 0.717) is 33.8 Å². The molecule has 9 nitrogen and oxygen atoms in total. The lowest BCUT2D eigenvalue weighted by Gasteiger charge is -2.13. The van der Waals surface area contributed by atoms with Crippen LogP contribution in [0.15, 0.2) is 75.8 Å². The number of phenolic OH excluding ortho intramolecular Hbond substituents is 1. The number of halogens is 2. The monoisotopic (exact) mass is 587 g/mol. The molecule has 3 N–H and O–H groups in total. The molecular formula is C27H23Cl2N3O6S. The average molecular weight is 588 g/mol. The molecule has 0 fully saturated rings. The highest BCUT2D eigenvalue weighted by Gasteiger charge is 2.21. The Bertz CT molecular complexity index is 1720. The predicted molar refractivity (Wildman–Crippen MR) is 151 cm³/mol. The molecule has 0 aliphatic heterocycles. The SMILES string of the molecule is CCOc1cc(NC(=O)c2cc3ccccc3c(N=Nc3ccc(S(=O)(=O)O)c(CC)c3Cl)c2O)ccc1Cl. The van der Waals surface area contributed by atoms with Crippen molar-refractivity contribution in [1.29, 1.82) is 0 Å². The summed E-state index contributed by atoms with van der Waals surface area (Å²) in [6, 6.07) is 15.7. The maximum atomic E-state index is 13.2. The Morgan fingerprint density at radius 3 is 2.46 bits per heavy atom. The molecule has 0 saturated carbocycles. The van der Waals surface area contributed by atoms with Crippen molar-refractivity contribution in [1.82, 2.24) is 0 Å². The molecule has 0 atom stereocenters. The minimum atomic E-state index is -4.49. The van der Waals surface area contributed by atoms with Gasteiger partial charge in [-0.05, 0) is 54.6 Å². The van der Waals surface area contributed by atoms with Gasteiger partial charge in [-0.1, -0.05) is 54.4 Å². The zero-order valence-corrected chi connectivity index (χ0v) is 23.1. The van der Waals surface area contributed by atoms with Gasteiger partial charge in [-0.2, -0.15) is 8.42 Å². The highest BCUT2D eigenvalue weighted by atomic mass is 35.5. The van der Waals surface area contributed by atoms with Crippen LogP contribution >= 0.6 is 23.2 Å². The third-order valence-electron chi connectivity index (χ3n) is 5.80. The Hall–Kier alpha value is -3.70. The summed E-state index contributed by atoms with van der Waals surface area (Å²) in [5.74, 6) is -0.629. The lowest BCUT2D eigenvalue weighted by atomic mass is 10.0. The minimum absolute atomic E-state index is 0.0114. The second-order valence-electron chi connectivity index (χ2n) is 8.28. The summed E-state index contributed by atoms with van der Waals surface area (Å²) in [7, 11) is -4.49. The van der Waals surface area contributed by atoms with Crippen LogP contribution in [0.1, 0.15) is 29.8 Å². The van der Waals surface area contributed by atoms with Gasteiger partial charge in [-0.25, -0.2) is 0 Å². The van der Waals surface area contributed by atoms with Gasteiger partial charge >= 0.3 is 0 Å². The average Bonchev–Trinajstić information content (AvgIpc) is 2.89. The van der Waals surface area contributed by atoms with E-state index in [4.69, 9.17) is 27.9 Å². The van der Waals surface area contributed by atoms with Crippen molar-refractivity contribution in [3.63, 3.8) is 0 Å². The highest BCUT2D eigenvalue weighted by Crippen LogP contribution is 2.41. The van der Waals surface area contributed by atoms with E-state index in [9.17, 15) is 22.9 Å². The number of carbonyl (C=O) groups is 1. The van der Waals surface area contributed by atoms with Crippen LogP contribution < -0.4 is 10.1 Å². The maximum Gasteiger partial charge on any atom is 0.294 e. The van der Waals surface area contributed by atoms with E-state index in [-0.39, 0.29) is 38.8 Å². The first-order chi connectivity index (χ1) is 18.5. The number of hydrogen-bond donors (Lipinski definition) is 3. The van der Waals surface area contributed by atoms with Gasteiger partial charge in [0.05, 0.1) is 27.1 Å². The fourth-order valence-electron chi connectivity index (χ4n) is 3.98. The number of nitrogens with zero attached hydrogens (tertiary/aromatic N) is 2. The molecule has 12 heteroatoms. The van der Waals surface area contributed by atoms with Gasteiger partial charge in [-0.15, -0.1) is 10.2 Å². The minimum Gasteiger partial charge on any atom is -0.505 e. The zero-order valence-electron chi connectivity index (χ0n) is 20.8. The van der Waals surface area contributed by atoms with Crippen LogP contribution in [0.3, 0.4) is 0 Å². The summed E-state index contributed by atoms with van der Waals surface area (Å²) in [6.07, 6.45) is 0.205. The Labute approximate surface area is 234 Å². The second-order valence-corrected chi connectivity index (χ2v) is 10.5. The van der Waals surface area contributed by atoms with Crippen molar-refractivity contribution in [3.05, 3.63) is 81.8 Å². The van der Waals surface area contributed by atoms with Gasteiger partial charge in [0.25, 0.3) is 16.0 Å². The number of rotatable bonds is 8. The highest BCUT2D eigenvalue weighted by molar-refractivity contribution is 7.85. The van der Waals surface area contributed by atoms with Crippen molar-refractivity contribution in [2.45, 2.75) is 25.2 Å². The van der Waals surface area contributed by atoms with Gasteiger partial charge in [0.1, 0.15) is 17.1 Å². The van der Waals surface area contributed by atoms with Crippen LogP contribution in [-0.4, -0.2) is 30.6 Å². The number of aromatic hydroxyl groups is 1. The molecular weight excluding hydrogens is 565 g/mol. The Morgan fingerprint density at radius 2 is 1.77 bits per heavy atom. The van der Waals surface area contributed by atoms with E-state index in [2.05, 4.69) is 15.5 Å². The lowest BCUT2D eigenvalue weighted by molar-refractivity contribution is 0.102. The molecule has 0 heterocycles. The summed E-state index contributed by atoms with van der Waals surface area (Å²) < 4.78 is 38.4. The van der Waals surface area contributed by atoms with Crippen LogP contribution in [0.25, 0.3) is 10.8 Å². The van der Waals surface area contributed by atoms with Crippen LogP contribution in [-0.2, 0) is 16.5 Å². The number of anilines is 1. The molecule has 0 radical (unpaired) electrons. The first-order valence-electron chi connectivity index (χ1n) is 11.7. The van der Waals surface area contributed by atoms with Crippen molar-refractivity contribution in [2.24, 2.45) is 10.2 Å². The number of carbonyl (C=O) groups excluding carboxylic acids is 1. The maximum absolute atomic E-state index is 13.2. The predicted octanol–water partition coefficient (Wildman–Crippen LogP) is 7.73. The van der Waals surface area contributed by atoms with Crippen LogP contribution in [0.4, 0.5) is 17.1 Å². The normalized spacial score (nSPS) is 11.7. The molecule has 39 heavy (non-hydrogen) atoms. The van der Waals surface area contributed by atoms with Gasteiger partial charge in [0, 0.05) is 17.1 Å². The van der Waals surface area contributed by atoms with Crippen molar-refractivity contribution in [3.8, 4) is 11.5 Å². The Balaban J connectivity index is 1.77. The van der Waals surface area contributed by atoms with E-state index in [1.54, 1.807) is 49.4 Å². The summed E-state index contributed by atoms with van der Waals surface area (Å²) in [4.78, 5) is 12.9. The number of benzene rings is 4. The standard InChI is InChI=1S/C27H23Cl2N3O6S/c1-3-17-23(39(35,36)37)12-11-21(24(17)29)31-32-25-18-8-6-5-7-15(18)13-19(26(25)33)27(34)30-16-9-10-20(28)22(14-16)38-4-2/h5-14,33H,3-4H2,1-2H3,(H,30,34)(H,35,36,37). The number of ether oxygens (including phenoxy) is 1. The molecule has 1 amide bonds. The molecule has 0 aliphatic carbocycles. The summed E-state index contributed by atoms with van der Waals surface area (Å²) in [5.41, 5.74) is 0.646. The number of azo groups is 1. The fraction of sp³-hybridized carbons (Fsp3) is 0.148.